The number of fused-ring (bicyclic) bond motifs is 1. The Kier molecular flexibility index (Phi) is 4.55. The number of hydrogen-bond acceptors (Lipinski definition) is 6. The van der Waals surface area contributed by atoms with E-state index in [0.717, 1.165) is 23.6 Å². The van der Waals surface area contributed by atoms with E-state index in [2.05, 4.69) is 40.9 Å². The van der Waals surface area contributed by atoms with Gasteiger partial charge >= 0.3 is 0 Å². The number of amides is 1. The van der Waals surface area contributed by atoms with Gasteiger partial charge in [0.05, 0.1) is 16.4 Å². The van der Waals surface area contributed by atoms with Crippen molar-refractivity contribution in [2.24, 2.45) is 0 Å². The number of likely N-dealkylation sites (tertiary alicyclic amines) is 1. The smallest absolute Gasteiger partial charge is 0.274 e. The van der Waals surface area contributed by atoms with E-state index in [4.69, 9.17) is 4.74 Å². The second kappa shape index (κ2) is 6.99. The molecule has 0 spiro atoms. The van der Waals surface area contributed by atoms with E-state index in [1.54, 1.807) is 23.7 Å². The van der Waals surface area contributed by atoms with Gasteiger partial charge < -0.3 is 9.64 Å². The first-order chi connectivity index (χ1) is 12.6. The molecule has 0 atom stereocenters. The van der Waals surface area contributed by atoms with Gasteiger partial charge in [-0.1, -0.05) is 23.5 Å². The highest BCUT2D eigenvalue weighted by Crippen LogP contribution is 2.33. The van der Waals surface area contributed by atoms with E-state index < -0.39 is 0 Å². The topological polar surface area (TPSA) is 68.2 Å². The summed E-state index contributed by atoms with van der Waals surface area (Å²) < 4.78 is 7.32. The van der Waals surface area contributed by atoms with Gasteiger partial charge in [-0.15, -0.1) is 0 Å². The van der Waals surface area contributed by atoms with Gasteiger partial charge in [0, 0.05) is 38.3 Å². The second-order valence-corrected chi connectivity index (χ2v) is 7.52. The average Bonchev–Trinajstić information content (AvgIpc) is 3.11. The molecule has 3 heterocycles. The van der Waals surface area contributed by atoms with Crippen molar-refractivity contribution >= 4 is 27.5 Å². The molecule has 6 nitrogen and oxygen atoms in total. The van der Waals surface area contributed by atoms with Crippen LogP contribution in [0, 0.1) is 13.8 Å². The maximum absolute atomic E-state index is 12.4. The van der Waals surface area contributed by atoms with Crippen LogP contribution in [0.2, 0.25) is 0 Å². The summed E-state index contributed by atoms with van der Waals surface area (Å²) in [5.74, 6) is -0.0669. The van der Waals surface area contributed by atoms with Crippen LogP contribution in [0.4, 0.5) is 0 Å². The van der Waals surface area contributed by atoms with Crippen molar-refractivity contribution in [2.45, 2.75) is 32.8 Å². The fourth-order valence-corrected chi connectivity index (χ4v) is 4.21. The fourth-order valence-electron chi connectivity index (χ4n) is 3.18. The molecule has 7 heteroatoms. The molecule has 4 rings (SSSR count). The molecular weight excluding hydrogens is 348 g/mol. The van der Waals surface area contributed by atoms with Gasteiger partial charge in [0.1, 0.15) is 11.8 Å². The van der Waals surface area contributed by atoms with E-state index in [1.165, 1.54) is 22.0 Å². The van der Waals surface area contributed by atoms with Crippen LogP contribution in [-0.4, -0.2) is 45.0 Å². The van der Waals surface area contributed by atoms with E-state index >= 15 is 0 Å². The van der Waals surface area contributed by atoms with Crippen molar-refractivity contribution in [2.75, 3.05) is 13.1 Å². The van der Waals surface area contributed by atoms with Crippen molar-refractivity contribution in [3.05, 3.63) is 47.5 Å². The molecule has 134 valence electrons. The Bertz CT molecular complexity index is 894. The third-order valence-electron chi connectivity index (χ3n) is 4.70. The zero-order valence-corrected chi connectivity index (χ0v) is 15.6. The predicted octanol–water partition coefficient (Wildman–Crippen LogP) is 3.39. The molecule has 0 radical (unpaired) electrons. The van der Waals surface area contributed by atoms with E-state index in [0.29, 0.717) is 18.8 Å². The van der Waals surface area contributed by atoms with Crippen molar-refractivity contribution in [1.82, 2.24) is 19.9 Å². The van der Waals surface area contributed by atoms with Gasteiger partial charge in [0.2, 0.25) is 0 Å². The Labute approximate surface area is 155 Å². The standard InChI is InChI=1S/C19H20N4O2S/c1-12-3-4-13(2)17-16(12)22-19(26-17)25-14-5-9-23(10-6-14)18(24)15-11-20-7-8-21-15/h3-4,7-8,11,14H,5-6,9-10H2,1-2H3. The fraction of sp³-hybridized carbons (Fsp3) is 0.368. The van der Waals surface area contributed by atoms with Crippen molar-refractivity contribution < 1.29 is 9.53 Å². The lowest BCUT2D eigenvalue weighted by Gasteiger charge is -2.31. The molecule has 0 saturated carbocycles. The summed E-state index contributed by atoms with van der Waals surface area (Å²) in [6, 6.07) is 4.22. The lowest BCUT2D eigenvalue weighted by molar-refractivity contribution is 0.0589. The molecule has 1 amide bonds. The Morgan fingerprint density at radius 1 is 1.19 bits per heavy atom. The first kappa shape index (κ1) is 16.9. The molecule has 1 aromatic carbocycles. The second-order valence-electron chi connectivity index (χ2n) is 6.56. The Morgan fingerprint density at radius 3 is 2.65 bits per heavy atom. The van der Waals surface area contributed by atoms with Crippen molar-refractivity contribution in [3.8, 4) is 5.19 Å². The van der Waals surface area contributed by atoms with Gasteiger partial charge in [0.25, 0.3) is 11.1 Å². The summed E-state index contributed by atoms with van der Waals surface area (Å²) in [5, 5.41) is 0.719. The van der Waals surface area contributed by atoms with E-state index in [-0.39, 0.29) is 12.0 Å². The van der Waals surface area contributed by atoms with E-state index in [1.807, 2.05) is 4.90 Å². The summed E-state index contributed by atoms with van der Waals surface area (Å²) in [6.07, 6.45) is 6.29. The highest BCUT2D eigenvalue weighted by atomic mass is 32.1. The molecule has 1 aliphatic rings. The Hall–Kier alpha value is -2.54. The number of carbonyl (C=O) groups is 1. The van der Waals surface area contributed by atoms with Crippen LogP contribution in [0.1, 0.15) is 34.5 Å². The third-order valence-corrected chi connectivity index (χ3v) is 5.78. The number of aromatic nitrogens is 3. The molecule has 1 fully saturated rings. The summed E-state index contributed by atoms with van der Waals surface area (Å²) in [5.41, 5.74) is 3.81. The monoisotopic (exact) mass is 368 g/mol. The third kappa shape index (κ3) is 3.26. The molecule has 1 saturated heterocycles. The predicted molar refractivity (Wildman–Crippen MR) is 101 cm³/mol. The normalized spacial score (nSPS) is 15.4. The maximum atomic E-state index is 12.4. The van der Waals surface area contributed by atoms with Crippen LogP contribution >= 0.6 is 11.3 Å². The Morgan fingerprint density at radius 2 is 1.96 bits per heavy atom. The van der Waals surface area contributed by atoms with Crippen LogP contribution in [0.3, 0.4) is 0 Å². The summed E-state index contributed by atoms with van der Waals surface area (Å²) >= 11 is 1.60. The molecule has 2 aromatic heterocycles. The zero-order valence-electron chi connectivity index (χ0n) is 14.8. The highest BCUT2D eigenvalue weighted by molar-refractivity contribution is 7.20. The number of thiazole rings is 1. The van der Waals surface area contributed by atoms with Crippen LogP contribution in [-0.2, 0) is 0 Å². The maximum Gasteiger partial charge on any atom is 0.274 e. The molecule has 0 N–H and O–H groups in total. The number of piperidine rings is 1. The van der Waals surface area contributed by atoms with Gasteiger partial charge in [-0.2, -0.15) is 0 Å². The largest absolute Gasteiger partial charge is 0.467 e. The summed E-state index contributed by atoms with van der Waals surface area (Å²) in [7, 11) is 0. The lowest BCUT2D eigenvalue weighted by atomic mass is 10.1. The van der Waals surface area contributed by atoms with Gasteiger partial charge in [-0.25, -0.2) is 9.97 Å². The van der Waals surface area contributed by atoms with Crippen molar-refractivity contribution in [3.63, 3.8) is 0 Å². The SMILES string of the molecule is Cc1ccc(C)c2sc(OC3CCN(C(=O)c4cnccn4)CC3)nc12. The van der Waals surface area contributed by atoms with Crippen LogP contribution in [0.25, 0.3) is 10.2 Å². The van der Waals surface area contributed by atoms with Crippen molar-refractivity contribution in [1.29, 1.82) is 0 Å². The Balaban J connectivity index is 1.41. The van der Waals surface area contributed by atoms with Crippen LogP contribution in [0.15, 0.2) is 30.7 Å². The number of rotatable bonds is 3. The molecule has 26 heavy (non-hydrogen) atoms. The number of benzene rings is 1. The van der Waals surface area contributed by atoms with Gasteiger partial charge in [-0.3, -0.25) is 9.78 Å². The summed E-state index contributed by atoms with van der Waals surface area (Å²) in [6.45, 7) is 5.48. The number of hydrogen-bond donors (Lipinski definition) is 0. The number of ether oxygens (including phenoxy) is 1. The van der Waals surface area contributed by atoms with Crippen LogP contribution in [0.5, 0.6) is 5.19 Å². The van der Waals surface area contributed by atoms with Gasteiger partial charge in [0.15, 0.2) is 0 Å². The minimum Gasteiger partial charge on any atom is -0.467 e. The number of aryl methyl sites for hydroxylation is 2. The minimum absolute atomic E-state index is 0.0669. The molecule has 0 unspecified atom stereocenters. The molecule has 3 aromatic rings. The first-order valence-electron chi connectivity index (χ1n) is 8.70. The summed E-state index contributed by atoms with van der Waals surface area (Å²) in [4.78, 5) is 27.0. The van der Waals surface area contributed by atoms with Crippen LogP contribution < -0.4 is 4.74 Å². The molecular formula is C19H20N4O2S. The molecule has 1 aliphatic heterocycles. The molecule has 0 bridgehead atoms. The lowest BCUT2D eigenvalue weighted by Crippen LogP contribution is -2.42. The highest BCUT2D eigenvalue weighted by Gasteiger charge is 2.26. The first-order valence-corrected chi connectivity index (χ1v) is 9.52. The molecule has 0 aliphatic carbocycles. The number of nitrogens with zero attached hydrogens (tertiary/aromatic N) is 4. The minimum atomic E-state index is -0.0669. The van der Waals surface area contributed by atoms with Gasteiger partial charge in [-0.05, 0) is 25.0 Å². The average molecular weight is 368 g/mol. The zero-order chi connectivity index (χ0) is 18.1. The quantitative estimate of drug-likeness (QED) is 0.709. The van der Waals surface area contributed by atoms with E-state index in [9.17, 15) is 4.79 Å². The number of carbonyl (C=O) groups excluding carboxylic acids is 1.